The lowest BCUT2D eigenvalue weighted by atomic mass is 9.84. The van der Waals surface area contributed by atoms with Crippen molar-refractivity contribution in [3.63, 3.8) is 0 Å². The molecule has 0 spiro atoms. The number of hydrogen-bond acceptors (Lipinski definition) is 1. The second kappa shape index (κ2) is 6.45. The fraction of sp³-hybridized carbons (Fsp3) is 0.538. The van der Waals surface area contributed by atoms with Crippen molar-refractivity contribution >= 4 is 26.4 Å². The molecule has 1 nitrogen and oxygen atoms in total. The van der Waals surface area contributed by atoms with Crippen molar-refractivity contribution in [3.8, 4) is 0 Å². The van der Waals surface area contributed by atoms with Crippen molar-refractivity contribution in [3.05, 3.63) is 34.6 Å². The molecule has 0 saturated heterocycles. The number of alkyl halides is 1. The van der Waals surface area contributed by atoms with Crippen LogP contribution in [0.5, 0.6) is 0 Å². The summed E-state index contributed by atoms with van der Waals surface area (Å²) in [6.45, 7) is 6.69. The van der Waals surface area contributed by atoms with E-state index in [1.807, 2.05) is 6.26 Å². The molecule has 0 amide bonds. The minimum atomic E-state index is 0.321. The Kier molecular flexibility index (Phi) is 5.56. The van der Waals surface area contributed by atoms with Gasteiger partial charge in [-0.25, -0.2) is 0 Å². The molecule has 16 heavy (non-hydrogen) atoms. The van der Waals surface area contributed by atoms with Crippen LogP contribution < -0.4 is 0 Å². The van der Waals surface area contributed by atoms with Crippen molar-refractivity contribution in [1.29, 1.82) is 0 Å². The standard InChI is InChI=1S/C13H21BrOSi/c1-4-9-7-13(14)12(8-15-16)11(6-3)10(9)5-2/h7-8,13H,4-6H2,1-3,16H3. The number of hydrogen-bond donors (Lipinski definition) is 0. The normalized spacial score (nSPS) is 23.9. The maximum absolute atomic E-state index is 5.33. The monoisotopic (exact) mass is 300 g/mol. The third kappa shape index (κ3) is 2.69. The zero-order chi connectivity index (χ0) is 12.1. The van der Waals surface area contributed by atoms with Crippen LogP contribution in [0, 0.1) is 0 Å². The van der Waals surface area contributed by atoms with Gasteiger partial charge in [-0.15, -0.1) is 0 Å². The molecule has 0 aromatic carbocycles. The predicted molar refractivity (Wildman–Crippen MR) is 77.8 cm³/mol. The van der Waals surface area contributed by atoms with E-state index in [0.29, 0.717) is 4.83 Å². The van der Waals surface area contributed by atoms with E-state index in [9.17, 15) is 0 Å². The maximum Gasteiger partial charge on any atom is 0.203 e. The Balaban J connectivity index is 3.24. The van der Waals surface area contributed by atoms with Gasteiger partial charge in [0.25, 0.3) is 0 Å². The quantitative estimate of drug-likeness (QED) is 0.439. The van der Waals surface area contributed by atoms with Gasteiger partial charge in [-0.05, 0) is 36.0 Å². The summed E-state index contributed by atoms with van der Waals surface area (Å²) < 4.78 is 5.33. The van der Waals surface area contributed by atoms with Crippen LogP contribution in [0.15, 0.2) is 34.6 Å². The fourth-order valence-electron chi connectivity index (χ4n) is 2.35. The van der Waals surface area contributed by atoms with Gasteiger partial charge < -0.3 is 4.43 Å². The lowest BCUT2D eigenvalue weighted by Crippen LogP contribution is -2.13. The molecule has 1 aliphatic carbocycles. The van der Waals surface area contributed by atoms with Gasteiger partial charge in [-0.1, -0.05) is 42.8 Å². The highest BCUT2D eigenvalue weighted by molar-refractivity contribution is 9.09. The Bertz CT molecular complexity index is 342. The highest BCUT2D eigenvalue weighted by atomic mass is 79.9. The van der Waals surface area contributed by atoms with Gasteiger partial charge in [0.2, 0.25) is 10.5 Å². The predicted octanol–water partition coefficient (Wildman–Crippen LogP) is 3.40. The van der Waals surface area contributed by atoms with E-state index in [4.69, 9.17) is 4.43 Å². The zero-order valence-corrected chi connectivity index (χ0v) is 14.2. The molecule has 0 bridgehead atoms. The molecule has 0 heterocycles. The third-order valence-electron chi connectivity index (χ3n) is 3.08. The molecule has 0 fully saturated rings. The lowest BCUT2D eigenvalue weighted by Gasteiger charge is -2.26. The molecule has 1 unspecified atom stereocenters. The molecule has 0 N–H and O–H groups in total. The maximum atomic E-state index is 5.33. The SMILES string of the molecule is CCC1=CC(Br)C(=CO[SiH3])C(CC)=C1CC. The molecule has 1 atom stereocenters. The number of allylic oxidation sites excluding steroid dienone is 5. The summed E-state index contributed by atoms with van der Waals surface area (Å²) in [5.41, 5.74) is 5.79. The summed E-state index contributed by atoms with van der Waals surface area (Å²) >= 11 is 3.73. The van der Waals surface area contributed by atoms with Crippen molar-refractivity contribution in [2.45, 2.75) is 44.9 Å². The van der Waals surface area contributed by atoms with Crippen molar-refractivity contribution in [2.75, 3.05) is 0 Å². The molecule has 1 aliphatic rings. The molecular weight excluding hydrogens is 280 g/mol. The van der Waals surface area contributed by atoms with E-state index in [0.717, 1.165) is 29.7 Å². The molecule has 3 heteroatoms. The Morgan fingerprint density at radius 1 is 1.25 bits per heavy atom. The summed E-state index contributed by atoms with van der Waals surface area (Å²) in [5, 5.41) is 0. The van der Waals surface area contributed by atoms with Gasteiger partial charge >= 0.3 is 0 Å². The van der Waals surface area contributed by atoms with Gasteiger partial charge in [0.15, 0.2) is 0 Å². The number of halogens is 1. The first-order valence-electron chi connectivity index (χ1n) is 5.99. The minimum Gasteiger partial charge on any atom is -0.558 e. The molecule has 0 aromatic rings. The first kappa shape index (κ1) is 13.8. The average Bonchev–Trinajstić information content (AvgIpc) is 2.30. The lowest BCUT2D eigenvalue weighted by molar-refractivity contribution is 0.527. The second-order valence-electron chi connectivity index (χ2n) is 3.92. The van der Waals surface area contributed by atoms with Gasteiger partial charge in [0.1, 0.15) is 0 Å². The van der Waals surface area contributed by atoms with E-state index in [1.54, 1.807) is 0 Å². The van der Waals surface area contributed by atoms with Crippen LogP contribution in [0.2, 0.25) is 0 Å². The van der Waals surface area contributed by atoms with Gasteiger partial charge in [0, 0.05) is 5.57 Å². The van der Waals surface area contributed by atoms with Crippen LogP contribution in [-0.4, -0.2) is 15.3 Å². The third-order valence-corrected chi connectivity index (χ3v) is 4.07. The Hall–Kier alpha value is -0.283. The molecule has 0 aromatic heterocycles. The Morgan fingerprint density at radius 2 is 1.88 bits per heavy atom. The van der Waals surface area contributed by atoms with Crippen LogP contribution in [0.3, 0.4) is 0 Å². The van der Waals surface area contributed by atoms with E-state index in [-0.39, 0.29) is 0 Å². The number of rotatable bonds is 4. The Morgan fingerprint density at radius 3 is 2.31 bits per heavy atom. The van der Waals surface area contributed by atoms with E-state index < -0.39 is 0 Å². The molecule has 0 radical (unpaired) electrons. The van der Waals surface area contributed by atoms with Crippen molar-refractivity contribution in [2.24, 2.45) is 0 Å². The Labute approximate surface area is 110 Å². The highest BCUT2D eigenvalue weighted by Gasteiger charge is 2.22. The summed E-state index contributed by atoms with van der Waals surface area (Å²) in [6, 6.07) is 0. The van der Waals surface area contributed by atoms with E-state index in [1.165, 1.54) is 22.3 Å². The summed E-state index contributed by atoms with van der Waals surface area (Å²) in [5.74, 6) is 0. The van der Waals surface area contributed by atoms with Crippen LogP contribution in [-0.2, 0) is 4.43 Å². The van der Waals surface area contributed by atoms with E-state index in [2.05, 4.69) is 42.8 Å². The highest BCUT2D eigenvalue weighted by Crippen LogP contribution is 2.37. The van der Waals surface area contributed by atoms with Crippen molar-refractivity contribution < 1.29 is 4.43 Å². The summed E-state index contributed by atoms with van der Waals surface area (Å²) in [7, 11) is 0.758. The second-order valence-corrected chi connectivity index (χ2v) is 5.38. The smallest absolute Gasteiger partial charge is 0.203 e. The first-order valence-corrected chi connectivity index (χ1v) is 7.73. The first-order chi connectivity index (χ1) is 7.69. The fourth-order valence-corrected chi connectivity index (χ4v) is 3.31. The molecule has 90 valence electrons. The van der Waals surface area contributed by atoms with Crippen molar-refractivity contribution in [1.82, 2.24) is 0 Å². The van der Waals surface area contributed by atoms with Crippen LogP contribution in [0.4, 0.5) is 0 Å². The summed E-state index contributed by atoms with van der Waals surface area (Å²) in [6.07, 6.45) is 7.57. The van der Waals surface area contributed by atoms with Crippen LogP contribution in [0.1, 0.15) is 40.0 Å². The molecule has 0 aliphatic heterocycles. The van der Waals surface area contributed by atoms with Crippen LogP contribution >= 0.6 is 15.9 Å². The summed E-state index contributed by atoms with van der Waals surface area (Å²) in [4.78, 5) is 0.321. The van der Waals surface area contributed by atoms with Gasteiger partial charge in [-0.3, -0.25) is 0 Å². The largest absolute Gasteiger partial charge is 0.558 e. The van der Waals surface area contributed by atoms with Crippen LogP contribution in [0.25, 0.3) is 0 Å². The van der Waals surface area contributed by atoms with E-state index >= 15 is 0 Å². The van der Waals surface area contributed by atoms with Gasteiger partial charge in [-0.2, -0.15) is 0 Å². The molecule has 0 saturated carbocycles. The molecule has 1 rings (SSSR count). The molecular formula is C13H21BrOSi. The van der Waals surface area contributed by atoms with Gasteiger partial charge in [0.05, 0.1) is 11.1 Å². The zero-order valence-electron chi connectivity index (χ0n) is 10.6. The minimum absolute atomic E-state index is 0.321. The topological polar surface area (TPSA) is 9.23 Å². The average molecular weight is 301 g/mol.